The Morgan fingerprint density at radius 3 is 2.68 bits per heavy atom. The highest BCUT2D eigenvalue weighted by Crippen LogP contribution is 2.25. The Kier molecular flexibility index (Phi) is 6.00. The number of pyridine rings is 1. The quantitative estimate of drug-likeness (QED) is 0.650. The third-order valence-corrected chi connectivity index (χ3v) is 5.21. The van der Waals surface area contributed by atoms with E-state index in [0.717, 1.165) is 20.7 Å². The van der Waals surface area contributed by atoms with Gasteiger partial charge in [0.25, 0.3) is 11.6 Å². The third-order valence-electron chi connectivity index (χ3n) is 4.29. The summed E-state index contributed by atoms with van der Waals surface area (Å²) >= 11 is 1.46. The molecule has 3 aromatic heterocycles. The maximum atomic E-state index is 12.7. The highest BCUT2D eigenvalue weighted by atomic mass is 32.1. The van der Waals surface area contributed by atoms with Crippen LogP contribution < -0.4 is 17.0 Å². The Balaban J connectivity index is 1.80. The first kappa shape index (κ1) is 19.9. The molecule has 0 aliphatic rings. The number of aromatic nitrogens is 4. The van der Waals surface area contributed by atoms with Crippen LogP contribution in [0.15, 0.2) is 57.3 Å². The summed E-state index contributed by atoms with van der Waals surface area (Å²) < 4.78 is 29.4. The van der Waals surface area contributed by atoms with Gasteiger partial charge in [0.15, 0.2) is 0 Å². The van der Waals surface area contributed by atoms with Gasteiger partial charge in [0, 0.05) is 35.8 Å². The second-order valence-electron chi connectivity index (χ2n) is 6.11. The molecule has 3 aromatic rings. The molecule has 3 heterocycles. The van der Waals surface area contributed by atoms with Crippen LogP contribution in [0.25, 0.3) is 11.1 Å². The Bertz CT molecular complexity index is 1120. The molecule has 0 atom stereocenters. The summed E-state index contributed by atoms with van der Waals surface area (Å²) in [6, 6.07) is 5.22. The van der Waals surface area contributed by atoms with Gasteiger partial charge in [-0.1, -0.05) is 0 Å². The summed E-state index contributed by atoms with van der Waals surface area (Å²) in [6.45, 7) is 2.08. The number of hydrogen-bond donors (Lipinski definition) is 1. The van der Waals surface area contributed by atoms with Crippen LogP contribution in [0.4, 0.5) is 8.78 Å². The van der Waals surface area contributed by atoms with E-state index in [1.165, 1.54) is 28.3 Å². The highest BCUT2D eigenvalue weighted by molar-refractivity contribution is 7.10. The fourth-order valence-electron chi connectivity index (χ4n) is 2.70. The molecule has 3 rings (SSSR count). The standard InChI is InChI=1S/C18H19F2N5O2S/c1-2-23-7-12(3-4-16(23)26)13-5-15(28-10-13)9-24-11-22-25(18(24)27)8-14(6-21)17(19)20/h3-5,7,10-11H,2,6,8-9,21H2,1H3. The fourth-order valence-corrected chi connectivity index (χ4v) is 3.59. The summed E-state index contributed by atoms with van der Waals surface area (Å²) in [6.07, 6.45) is 1.23. The first-order valence-corrected chi connectivity index (χ1v) is 9.44. The third kappa shape index (κ3) is 4.18. The monoisotopic (exact) mass is 407 g/mol. The molecule has 0 aliphatic carbocycles. The maximum Gasteiger partial charge on any atom is 0.346 e. The van der Waals surface area contributed by atoms with E-state index in [4.69, 9.17) is 5.73 Å². The van der Waals surface area contributed by atoms with Crippen molar-refractivity contribution in [2.75, 3.05) is 6.54 Å². The Morgan fingerprint density at radius 1 is 1.21 bits per heavy atom. The average molecular weight is 407 g/mol. The summed E-state index contributed by atoms with van der Waals surface area (Å²) in [5, 5.41) is 5.83. The summed E-state index contributed by atoms with van der Waals surface area (Å²) in [5.41, 5.74) is 6.26. The molecular formula is C18H19F2N5O2S. The van der Waals surface area contributed by atoms with Gasteiger partial charge in [-0.2, -0.15) is 13.9 Å². The van der Waals surface area contributed by atoms with E-state index < -0.39 is 11.8 Å². The van der Waals surface area contributed by atoms with E-state index in [9.17, 15) is 18.4 Å². The molecule has 2 N–H and O–H groups in total. The van der Waals surface area contributed by atoms with Crippen LogP contribution in [0.3, 0.4) is 0 Å². The van der Waals surface area contributed by atoms with Crippen molar-refractivity contribution in [3.8, 4) is 11.1 Å². The predicted molar refractivity (Wildman–Crippen MR) is 104 cm³/mol. The molecule has 0 saturated carbocycles. The number of nitrogens with two attached hydrogens (primary N) is 1. The minimum Gasteiger partial charge on any atom is -0.327 e. The van der Waals surface area contributed by atoms with Crippen molar-refractivity contribution < 1.29 is 8.78 Å². The average Bonchev–Trinajstić information content (AvgIpc) is 3.28. The Hall–Kier alpha value is -2.85. The lowest BCUT2D eigenvalue weighted by Gasteiger charge is -2.04. The predicted octanol–water partition coefficient (Wildman–Crippen LogP) is 2.11. The highest BCUT2D eigenvalue weighted by Gasteiger charge is 2.12. The molecule has 0 aliphatic heterocycles. The van der Waals surface area contributed by atoms with Crippen LogP contribution in [-0.4, -0.2) is 25.5 Å². The topological polar surface area (TPSA) is 87.8 Å². The van der Waals surface area contributed by atoms with Crippen molar-refractivity contribution in [1.29, 1.82) is 0 Å². The molecule has 7 nitrogen and oxygen atoms in total. The van der Waals surface area contributed by atoms with Gasteiger partial charge >= 0.3 is 5.69 Å². The number of hydrogen-bond acceptors (Lipinski definition) is 5. The molecule has 0 spiro atoms. The van der Waals surface area contributed by atoms with Crippen molar-refractivity contribution in [3.05, 3.63) is 73.5 Å². The Labute approximate surface area is 163 Å². The molecule has 10 heteroatoms. The van der Waals surface area contributed by atoms with Crippen molar-refractivity contribution in [1.82, 2.24) is 18.9 Å². The zero-order valence-corrected chi connectivity index (χ0v) is 16.0. The van der Waals surface area contributed by atoms with E-state index in [1.54, 1.807) is 16.8 Å². The van der Waals surface area contributed by atoms with E-state index in [-0.39, 0.29) is 30.8 Å². The molecule has 28 heavy (non-hydrogen) atoms. The van der Waals surface area contributed by atoms with Crippen molar-refractivity contribution >= 4 is 11.3 Å². The number of aryl methyl sites for hydroxylation is 1. The Morgan fingerprint density at radius 2 is 2.00 bits per heavy atom. The van der Waals surface area contributed by atoms with Crippen LogP contribution in [0, 0.1) is 0 Å². The second kappa shape index (κ2) is 8.44. The molecule has 0 amide bonds. The fraction of sp³-hybridized carbons (Fsp3) is 0.278. The lowest BCUT2D eigenvalue weighted by Crippen LogP contribution is -2.27. The lowest BCUT2D eigenvalue weighted by atomic mass is 10.1. The summed E-state index contributed by atoms with van der Waals surface area (Å²) in [5.74, 6) is 0. The van der Waals surface area contributed by atoms with Gasteiger partial charge in [0.2, 0.25) is 0 Å². The largest absolute Gasteiger partial charge is 0.346 e. The van der Waals surface area contributed by atoms with Crippen LogP contribution in [0.5, 0.6) is 0 Å². The summed E-state index contributed by atoms with van der Waals surface area (Å²) in [7, 11) is 0. The zero-order valence-electron chi connectivity index (χ0n) is 15.1. The van der Waals surface area contributed by atoms with Crippen LogP contribution in [0.2, 0.25) is 0 Å². The van der Waals surface area contributed by atoms with Crippen molar-refractivity contribution in [2.24, 2.45) is 5.73 Å². The molecule has 0 bridgehead atoms. The van der Waals surface area contributed by atoms with Gasteiger partial charge in [-0.15, -0.1) is 11.3 Å². The molecule has 0 unspecified atom stereocenters. The second-order valence-corrected chi connectivity index (χ2v) is 7.11. The van der Waals surface area contributed by atoms with Gasteiger partial charge in [0.05, 0.1) is 13.1 Å². The first-order chi connectivity index (χ1) is 13.4. The van der Waals surface area contributed by atoms with Gasteiger partial charge in [0.1, 0.15) is 6.33 Å². The molecular weight excluding hydrogens is 388 g/mol. The minimum absolute atomic E-state index is 0.0590. The maximum absolute atomic E-state index is 12.7. The zero-order chi connectivity index (χ0) is 20.3. The first-order valence-electron chi connectivity index (χ1n) is 8.56. The van der Waals surface area contributed by atoms with Gasteiger partial charge in [-0.3, -0.25) is 9.36 Å². The van der Waals surface area contributed by atoms with Crippen molar-refractivity contribution in [2.45, 2.75) is 26.6 Å². The summed E-state index contributed by atoms with van der Waals surface area (Å²) in [4.78, 5) is 25.0. The van der Waals surface area contributed by atoms with E-state index >= 15 is 0 Å². The van der Waals surface area contributed by atoms with Crippen molar-refractivity contribution in [3.63, 3.8) is 0 Å². The number of rotatable bonds is 7. The van der Waals surface area contributed by atoms with Crippen LogP contribution >= 0.6 is 11.3 Å². The molecule has 0 radical (unpaired) electrons. The van der Waals surface area contributed by atoms with Gasteiger partial charge in [-0.25, -0.2) is 9.48 Å². The number of nitrogens with zero attached hydrogens (tertiary/aromatic N) is 4. The molecule has 0 fully saturated rings. The van der Waals surface area contributed by atoms with Gasteiger partial charge < -0.3 is 10.3 Å². The lowest BCUT2D eigenvalue weighted by molar-refractivity contribution is 0.400. The van der Waals surface area contributed by atoms with Crippen LogP contribution in [0.1, 0.15) is 11.8 Å². The smallest absolute Gasteiger partial charge is 0.327 e. The van der Waals surface area contributed by atoms with Gasteiger partial charge in [-0.05, 0) is 35.6 Å². The molecule has 148 valence electrons. The SMILES string of the molecule is CCn1cc(-c2csc(Cn3cnn(CC(CN)=C(F)F)c3=O)c2)ccc1=O. The molecule has 0 aromatic carbocycles. The van der Waals surface area contributed by atoms with E-state index in [1.807, 2.05) is 18.4 Å². The minimum atomic E-state index is -1.89. The number of halogens is 2. The normalized spacial score (nSPS) is 11.0. The van der Waals surface area contributed by atoms with E-state index in [2.05, 4.69) is 5.10 Å². The number of thiophene rings is 1. The molecule has 0 saturated heterocycles. The van der Waals surface area contributed by atoms with Crippen LogP contribution in [-0.2, 0) is 19.6 Å². The van der Waals surface area contributed by atoms with E-state index in [0.29, 0.717) is 6.54 Å².